The monoisotopic (exact) mass is 429 g/mol. The molecule has 0 bridgehead atoms. The fraction of sp³-hybridized carbons (Fsp3) is 0.542. The second-order valence-corrected chi connectivity index (χ2v) is 9.93. The Labute approximate surface area is 185 Å². The molecule has 0 aliphatic carbocycles. The fourth-order valence-electron chi connectivity index (χ4n) is 3.72. The van der Waals surface area contributed by atoms with Crippen LogP contribution in [0.4, 0.5) is 0 Å². The van der Waals surface area contributed by atoms with Gasteiger partial charge in [0.05, 0.1) is 6.54 Å². The molecule has 1 fully saturated rings. The Balaban J connectivity index is 1.59. The van der Waals surface area contributed by atoms with Gasteiger partial charge < -0.3 is 9.32 Å². The molecule has 5 nitrogen and oxygen atoms in total. The van der Waals surface area contributed by atoms with E-state index in [0.29, 0.717) is 11.7 Å². The van der Waals surface area contributed by atoms with Crippen molar-refractivity contribution < 1.29 is 9.21 Å². The number of amides is 1. The third-order valence-corrected chi connectivity index (χ3v) is 6.48. The minimum absolute atomic E-state index is 0.00196. The minimum atomic E-state index is 0.00196. The van der Waals surface area contributed by atoms with Gasteiger partial charge in [-0.05, 0) is 50.1 Å². The average molecular weight is 430 g/mol. The second-order valence-electron chi connectivity index (χ2n) is 8.55. The highest BCUT2D eigenvalue weighted by molar-refractivity contribution is 7.11. The molecule has 0 spiro atoms. The third-order valence-electron chi connectivity index (χ3n) is 5.50. The summed E-state index contributed by atoms with van der Waals surface area (Å²) in [4.78, 5) is 22.2. The second kappa shape index (κ2) is 10.9. The summed E-state index contributed by atoms with van der Waals surface area (Å²) in [6.45, 7) is 17.2. The van der Waals surface area contributed by atoms with Crippen LogP contribution in [0.5, 0.6) is 0 Å². The van der Waals surface area contributed by atoms with Gasteiger partial charge in [0.25, 0.3) is 5.91 Å². The van der Waals surface area contributed by atoms with Gasteiger partial charge in [0.2, 0.25) is 0 Å². The molecule has 30 heavy (non-hydrogen) atoms. The van der Waals surface area contributed by atoms with E-state index in [9.17, 15) is 4.79 Å². The molecule has 164 valence electrons. The molecule has 6 heteroatoms. The summed E-state index contributed by atoms with van der Waals surface area (Å²) in [6, 6.07) is 8.19. The lowest BCUT2D eigenvalue weighted by Gasteiger charge is -2.33. The van der Waals surface area contributed by atoms with Crippen LogP contribution >= 0.6 is 11.3 Å². The lowest BCUT2D eigenvalue weighted by Crippen LogP contribution is -2.48. The largest absolute Gasteiger partial charge is 0.455 e. The molecule has 0 saturated carbocycles. The summed E-state index contributed by atoms with van der Waals surface area (Å²) >= 11 is 1.85. The molecule has 0 N–H and O–H groups in total. The van der Waals surface area contributed by atoms with Crippen molar-refractivity contribution in [1.29, 1.82) is 0 Å². The number of piperazine rings is 1. The molecule has 2 aromatic heterocycles. The molecule has 1 aliphatic rings. The van der Waals surface area contributed by atoms with E-state index in [-0.39, 0.29) is 5.91 Å². The number of hydrogen-bond donors (Lipinski definition) is 0. The van der Waals surface area contributed by atoms with E-state index in [1.165, 1.54) is 9.75 Å². The molecule has 0 radical (unpaired) electrons. The van der Waals surface area contributed by atoms with Gasteiger partial charge in [-0.3, -0.25) is 14.6 Å². The van der Waals surface area contributed by atoms with Gasteiger partial charge in [-0.15, -0.1) is 17.9 Å². The first-order valence-electron chi connectivity index (χ1n) is 10.9. The van der Waals surface area contributed by atoms with Crippen molar-refractivity contribution in [3.8, 4) is 0 Å². The smallest absolute Gasteiger partial charge is 0.289 e. The zero-order chi connectivity index (χ0) is 21.5. The lowest BCUT2D eigenvalue weighted by atomic mass is 10.1. The van der Waals surface area contributed by atoms with E-state index in [4.69, 9.17) is 4.42 Å². The van der Waals surface area contributed by atoms with E-state index < -0.39 is 0 Å². The van der Waals surface area contributed by atoms with E-state index in [0.717, 1.165) is 64.5 Å². The van der Waals surface area contributed by atoms with Crippen LogP contribution in [0, 0.1) is 12.8 Å². The SMILES string of the molecule is C=CCN1CCN(C(=O)c2ccc(CN(CCC(C)C)Cc3ccc(C)s3)o2)CC1. The van der Waals surface area contributed by atoms with Gasteiger partial charge in [0.15, 0.2) is 5.76 Å². The summed E-state index contributed by atoms with van der Waals surface area (Å²) in [5.74, 6) is 1.98. The highest BCUT2D eigenvalue weighted by Crippen LogP contribution is 2.21. The van der Waals surface area contributed by atoms with Gasteiger partial charge in [-0.1, -0.05) is 19.9 Å². The number of aryl methyl sites for hydroxylation is 1. The van der Waals surface area contributed by atoms with Crippen LogP contribution in [-0.2, 0) is 13.1 Å². The van der Waals surface area contributed by atoms with E-state index in [1.807, 2.05) is 34.4 Å². The first-order valence-corrected chi connectivity index (χ1v) is 11.7. The first-order chi connectivity index (χ1) is 14.4. The molecular formula is C24H35N3O2S. The van der Waals surface area contributed by atoms with Crippen molar-refractivity contribution in [2.45, 2.75) is 40.3 Å². The summed E-state index contributed by atoms with van der Waals surface area (Å²) in [6.07, 6.45) is 3.06. The summed E-state index contributed by atoms with van der Waals surface area (Å²) in [5, 5.41) is 0. The van der Waals surface area contributed by atoms with Crippen molar-refractivity contribution >= 4 is 17.2 Å². The Hall–Kier alpha value is -1.89. The normalized spacial score (nSPS) is 15.3. The molecule has 1 aliphatic heterocycles. The van der Waals surface area contributed by atoms with Gasteiger partial charge >= 0.3 is 0 Å². The van der Waals surface area contributed by atoms with Crippen LogP contribution in [-0.4, -0.2) is 59.9 Å². The predicted octanol–water partition coefficient (Wildman–Crippen LogP) is 4.64. The first kappa shape index (κ1) is 22.8. The standard InChI is InChI=1S/C24H35N3O2S/c1-5-11-25-13-15-27(16-14-25)24(28)23-9-7-21(29-23)17-26(12-10-19(2)3)18-22-8-6-20(4)30-22/h5-9,19H,1,10-18H2,2-4H3. The molecule has 0 aromatic carbocycles. The number of rotatable bonds is 10. The molecule has 1 saturated heterocycles. The molecule has 1 amide bonds. The number of carbonyl (C=O) groups excluding carboxylic acids is 1. The Morgan fingerprint density at radius 3 is 2.60 bits per heavy atom. The molecule has 3 rings (SSSR count). The third kappa shape index (κ3) is 6.56. The Morgan fingerprint density at radius 1 is 1.20 bits per heavy atom. The fourth-order valence-corrected chi connectivity index (χ4v) is 4.65. The Kier molecular flexibility index (Phi) is 8.31. The summed E-state index contributed by atoms with van der Waals surface area (Å²) < 4.78 is 5.99. The number of nitrogens with zero attached hydrogens (tertiary/aromatic N) is 3. The van der Waals surface area contributed by atoms with Crippen LogP contribution in [0.15, 0.2) is 41.3 Å². The molecule has 2 aromatic rings. The van der Waals surface area contributed by atoms with Gasteiger partial charge in [0.1, 0.15) is 5.76 Å². The zero-order valence-electron chi connectivity index (χ0n) is 18.6. The lowest BCUT2D eigenvalue weighted by molar-refractivity contribution is 0.0615. The van der Waals surface area contributed by atoms with E-state index in [2.05, 4.69) is 49.3 Å². The Morgan fingerprint density at radius 2 is 1.97 bits per heavy atom. The van der Waals surface area contributed by atoms with Crippen molar-refractivity contribution in [1.82, 2.24) is 14.7 Å². The van der Waals surface area contributed by atoms with Gasteiger partial charge in [-0.2, -0.15) is 0 Å². The van der Waals surface area contributed by atoms with Crippen molar-refractivity contribution in [2.75, 3.05) is 39.3 Å². The van der Waals surface area contributed by atoms with E-state index >= 15 is 0 Å². The van der Waals surface area contributed by atoms with Crippen LogP contribution in [0.25, 0.3) is 0 Å². The zero-order valence-corrected chi connectivity index (χ0v) is 19.4. The molecule has 0 atom stereocenters. The topological polar surface area (TPSA) is 39.9 Å². The summed E-state index contributed by atoms with van der Waals surface area (Å²) in [7, 11) is 0. The van der Waals surface area contributed by atoms with E-state index in [1.54, 1.807) is 0 Å². The number of furan rings is 1. The minimum Gasteiger partial charge on any atom is -0.455 e. The Bertz CT molecular complexity index is 818. The molecular weight excluding hydrogens is 394 g/mol. The molecule has 0 unspecified atom stereocenters. The van der Waals surface area contributed by atoms with Crippen LogP contribution < -0.4 is 0 Å². The maximum atomic E-state index is 12.9. The maximum Gasteiger partial charge on any atom is 0.289 e. The van der Waals surface area contributed by atoms with Crippen molar-refractivity contribution in [3.05, 3.63) is 58.2 Å². The van der Waals surface area contributed by atoms with Crippen molar-refractivity contribution in [3.63, 3.8) is 0 Å². The number of thiophene rings is 1. The molecule has 3 heterocycles. The summed E-state index contributed by atoms with van der Waals surface area (Å²) in [5.41, 5.74) is 0. The number of carbonyl (C=O) groups is 1. The van der Waals surface area contributed by atoms with Crippen LogP contribution in [0.2, 0.25) is 0 Å². The predicted molar refractivity (Wildman–Crippen MR) is 124 cm³/mol. The van der Waals surface area contributed by atoms with Gasteiger partial charge in [0, 0.05) is 49.0 Å². The average Bonchev–Trinajstić information content (AvgIpc) is 3.35. The highest BCUT2D eigenvalue weighted by atomic mass is 32.1. The van der Waals surface area contributed by atoms with Crippen LogP contribution in [0.1, 0.15) is 46.3 Å². The van der Waals surface area contributed by atoms with Crippen LogP contribution in [0.3, 0.4) is 0 Å². The van der Waals surface area contributed by atoms with Crippen molar-refractivity contribution in [2.24, 2.45) is 5.92 Å². The highest BCUT2D eigenvalue weighted by Gasteiger charge is 2.24. The quantitative estimate of drug-likeness (QED) is 0.516. The van der Waals surface area contributed by atoms with Gasteiger partial charge in [-0.25, -0.2) is 0 Å². The number of hydrogen-bond acceptors (Lipinski definition) is 5. The maximum absolute atomic E-state index is 12.9.